The van der Waals surface area contributed by atoms with E-state index in [2.05, 4.69) is 20.5 Å². The third-order valence-electron chi connectivity index (χ3n) is 4.57. The molecule has 1 aliphatic heterocycles. The molecule has 2 N–H and O–H groups in total. The molecule has 2 heterocycles. The molecule has 8 heteroatoms. The lowest BCUT2D eigenvalue weighted by Gasteiger charge is -2.11. The van der Waals surface area contributed by atoms with E-state index in [9.17, 15) is 14.0 Å². The lowest BCUT2D eigenvalue weighted by molar-refractivity contribution is -0.115. The van der Waals surface area contributed by atoms with Gasteiger partial charge in [0.15, 0.2) is 5.13 Å². The minimum Gasteiger partial charge on any atom is -0.348 e. The summed E-state index contributed by atoms with van der Waals surface area (Å²) in [4.78, 5) is 31.1. The lowest BCUT2D eigenvalue weighted by Crippen LogP contribution is -2.33. The van der Waals surface area contributed by atoms with Gasteiger partial charge in [-0.05, 0) is 43.2 Å². The predicted molar refractivity (Wildman–Crippen MR) is 108 cm³/mol. The van der Waals surface area contributed by atoms with Gasteiger partial charge in [-0.25, -0.2) is 9.37 Å². The zero-order chi connectivity index (χ0) is 19.5. The fourth-order valence-corrected chi connectivity index (χ4v) is 4.20. The largest absolute Gasteiger partial charge is 0.348 e. The fourth-order valence-electron chi connectivity index (χ4n) is 3.14. The number of halogens is 1. The van der Waals surface area contributed by atoms with Crippen LogP contribution in [-0.4, -0.2) is 36.4 Å². The number of carbonyl (C=O) groups is 2. The molecule has 0 unspecified atom stereocenters. The van der Waals surface area contributed by atoms with E-state index in [0.717, 1.165) is 28.4 Å². The van der Waals surface area contributed by atoms with Crippen LogP contribution in [0.3, 0.4) is 0 Å². The van der Waals surface area contributed by atoms with Crippen molar-refractivity contribution in [3.05, 3.63) is 53.8 Å². The van der Waals surface area contributed by atoms with E-state index in [1.807, 2.05) is 12.1 Å². The quantitative estimate of drug-likeness (QED) is 0.691. The molecule has 6 nitrogen and oxygen atoms in total. The van der Waals surface area contributed by atoms with Gasteiger partial charge < -0.3 is 15.5 Å². The number of thiazole rings is 1. The maximum atomic E-state index is 13.6. The van der Waals surface area contributed by atoms with Crippen LogP contribution in [0.5, 0.6) is 0 Å². The van der Waals surface area contributed by atoms with Crippen molar-refractivity contribution < 1.29 is 14.0 Å². The summed E-state index contributed by atoms with van der Waals surface area (Å²) in [5.41, 5.74) is 1.45. The van der Waals surface area contributed by atoms with Crippen LogP contribution < -0.4 is 15.5 Å². The van der Waals surface area contributed by atoms with Gasteiger partial charge in [0.05, 0.1) is 22.3 Å². The van der Waals surface area contributed by atoms with Gasteiger partial charge in [0.25, 0.3) is 5.91 Å². The van der Waals surface area contributed by atoms with Crippen molar-refractivity contribution in [2.24, 2.45) is 0 Å². The van der Waals surface area contributed by atoms with E-state index in [1.165, 1.54) is 31.0 Å². The van der Waals surface area contributed by atoms with Gasteiger partial charge in [0, 0.05) is 18.8 Å². The van der Waals surface area contributed by atoms with E-state index in [4.69, 9.17) is 0 Å². The van der Waals surface area contributed by atoms with Crippen LogP contribution >= 0.6 is 11.3 Å². The Kier molecular flexibility index (Phi) is 5.21. The Morgan fingerprint density at radius 1 is 1.14 bits per heavy atom. The minimum absolute atomic E-state index is 0.0872. The van der Waals surface area contributed by atoms with E-state index in [1.54, 1.807) is 23.5 Å². The molecule has 2 aromatic carbocycles. The number of nitrogens with zero attached hydrogens (tertiary/aromatic N) is 2. The standard InChI is InChI=1S/C20H19FN4O2S/c21-15-6-2-1-5-14(15)19(27)22-12-18(26)23-13-7-8-16-17(11-13)28-20(24-16)25-9-3-4-10-25/h1-2,5-8,11H,3-4,9-10,12H2,(H,22,27)(H,23,26). The molecular formula is C20H19FN4O2S. The number of nitrogens with one attached hydrogen (secondary N) is 2. The summed E-state index contributed by atoms with van der Waals surface area (Å²) in [6.07, 6.45) is 2.38. The summed E-state index contributed by atoms with van der Waals surface area (Å²) in [7, 11) is 0. The number of fused-ring (bicyclic) bond motifs is 1. The second-order valence-electron chi connectivity index (χ2n) is 6.58. The molecule has 0 bridgehead atoms. The Balaban J connectivity index is 1.38. The van der Waals surface area contributed by atoms with Gasteiger partial charge in [-0.3, -0.25) is 9.59 Å². The fraction of sp³-hybridized carbons (Fsp3) is 0.250. The number of benzene rings is 2. The van der Waals surface area contributed by atoms with Crippen molar-refractivity contribution in [2.45, 2.75) is 12.8 Å². The SMILES string of the molecule is O=C(CNC(=O)c1ccccc1F)Nc1ccc2nc(N3CCCC3)sc2c1. The number of hydrogen-bond acceptors (Lipinski definition) is 5. The van der Waals surface area contributed by atoms with Crippen LogP contribution in [0.25, 0.3) is 10.2 Å². The molecule has 28 heavy (non-hydrogen) atoms. The Morgan fingerprint density at radius 2 is 1.93 bits per heavy atom. The number of carbonyl (C=O) groups excluding carboxylic acids is 2. The molecule has 4 rings (SSSR count). The Morgan fingerprint density at radius 3 is 2.71 bits per heavy atom. The van der Waals surface area contributed by atoms with Crippen molar-refractivity contribution in [3.63, 3.8) is 0 Å². The highest BCUT2D eigenvalue weighted by molar-refractivity contribution is 7.22. The van der Waals surface area contributed by atoms with Crippen molar-refractivity contribution in [1.82, 2.24) is 10.3 Å². The molecule has 0 atom stereocenters. The van der Waals surface area contributed by atoms with Crippen LogP contribution in [0.15, 0.2) is 42.5 Å². The first-order valence-corrected chi connectivity index (χ1v) is 9.90. The number of anilines is 2. The minimum atomic E-state index is -0.624. The van der Waals surface area contributed by atoms with Crippen LogP contribution in [-0.2, 0) is 4.79 Å². The zero-order valence-electron chi connectivity index (χ0n) is 15.1. The average Bonchev–Trinajstić information content (AvgIpc) is 3.35. The van der Waals surface area contributed by atoms with Crippen LogP contribution in [0.1, 0.15) is 23.2 Å². The summed E-state index contributed by atoms with van der Waals surface area (Å²) in [5.74, 6) is -1.63. The van der Waals surface area contributed by atoms with Gasteiger partial charge in [-0.2, -0.15) is 0 Å². The van der Waals surface area contributed by atoms with E-state index in [0.29, 0.717) is 5.69 Å². The Bertz CT molecular complexity index is 1030. The first-order valence-electron chi connectivity index (χ1n) is 9.08. The van der Waals surface area contributed by atoms with Crippen molar-refractivity contribution >= 4 is 44.2 Å². The van der Waals surface area contributed by atoms with Crippen molar-refractivity contribution in [1.29, 1.82) is 0 Å². The molecule has 144 valence electrons. The van der Waals surface area contributed by atoms with Crippen LogP contribution in [0, 0.1) is 5.82 Å². The van der Waals surface area contributed by atoms with E-state index >= 15 is 0 Å². The van der Waals surface area contributed by atoms with Gasteiger partial charge >= 0.3 is 0 Å². The number of rotatable bonds is 5. The number of hydrogen-bond donors (Lipinski definition) is 2. The molecule has 0 aliphatic carbocycles. The summed E-state index contributed by atoms with van der Waals surface area (Å²) in [6, 6.07) is 11.2. The monoisotopic (exact) mass is 398 g/mol. The van der Waals surface area contributed by atoms with Crippen molar-refractivity contribution in [2.75, 3.05) is 29.9 Å². The zero-order valence-corrected chi connectivity index (χ0v) is 15.9. The molecule has 2 amide bonds. The molecular weight excluding hydrogens is 379 g/mol. The topological polar surface area (TPSA) is 74.3 Å². The first kappa shape index (κ1) is 18.4. The predicted octanol–water partition coefficient (Wildman–Crippen LogP) is 3.40. The van der Waals surface area contributed by atoms with Gasteiger partial charge in [-0.15, -0.1) is 0 Å². The number of aromatic nitrogens is 1. The molecule has 0 saturated carbocycles. The molecule has 3 aromatic rings. The smallest absolute Gasteiger partial charge is 0.254 e. The van der Waals surface area contributed by atoms with Gasteiger partial charge in [0.2, 0.25) is 5.91 Å². The van der Waals surface area contributed by atoms with Gasteiger partial charge in [0.1, 0.15) is 5.82 Å². The molecule has 0 radical (unpaired) electrons. The van der Waals surface area contributed by atoms with Crippen LogP contribution in [0.4, 0.5) is 15.2 Å². The maximum Gasteiger partial charge on any atom is 0.254 e. The van der Waals surface area contributed by atoms with Crippen molar-refractivity contribution in [3.8, 4) is 0 Å². The summed E-state index contributed by atoms with van der Waals surface area (Å²) in [5, 5.41) is 6.19. The molecule has 0 spiro atoms. The highest BCUT2D eigenvalue weighted by Gasteiger charge is 2.17. The first-order chi connectivity index (χ1) is 13.6. The molecule has 1 saturated heterocycles. The molecule has 1 fully saturated rings. The second kappa shape index (κ2) is 7.93. The van der Waals surface area contributed by atoms with Crippen LogP contribution in [0.2, 0.25) is 0 Å². The lowest BCUT2D eigenvalue weighted by atomic mass is 10.2. The summed E-state index contributed by atoms with van der Waals surface area (Å²) < 4.78 is 14.6. The molecule has 1 aromatic heterocycles. The highest BCUT2D eigenvalue weighted by Crippen LogP contribution is 2.32. The van der Waals surface area contributed by atoms with E-state index in [-0.39, 0.29) is 18.0 Å². The normalized spacial score (nSPS) is 13.7. The second-order valence-corrected chi connectivity index (χ2v) is 7.59. The third kappa shape index (κ3) is 3.96. The third-order valence-corrected chi connectivity index (χ3v) is 5.64. The average molecular weight is 398 g/mol. The van der Waals surface area contributed by atoms with Gasteiger partial charge in [-0.1, -0.05) is 23.5 Å². The Labute approximate surface area is 165 Å². The highest BCUT2D eigenvalue weighted by atomic mass is 32.1. The summed E-state index contributed by atoms with van der Waals surface area (Å²) in [6.45, 7) is 1.82. The summed E-state index contributed by atoms with van der Waals surface area (Å²) >= 11 is 1.61. The Hall–Kier alpha value is -3.00. The maximum absolute atomic E-state index is 13.6. The molecule has 1 aliphatic rings. The van der Waals surface area contributed by atoms with E-state index < -0.39 is 11.7 Å². The number of amides is 2.